The van der Waals surface area contributed by atoms with Crippen LogP contribution >= 0.6 is 12.6 Å². The average molecular weight is 307 g/mol. The summed E-state index contributed by atoms with van der Waals surface area (Å²) in [5, 5.41) is 0.383. The van der Waals surface area contributed by atoms with Gasteiger partial charge < -0.3 is 0 Å². The van der Waals surface area contributed by atoms with E-state index in [4.69, 9.17) is 0 Å². The molecule has 1 aromatic carbocycles. The van der Waals surface area contributed by atoms with Crippen molar-refractivity contribution in [3.63, 3.8) is 0 Å². The quantitative estimate of drug-likeness (QED) is 0.857. The molecular formula is C17H22FNOS. The molecule has 1 heterocycles. The first-order valence-corrected chi connectivity index (χ1v) is 8.31. The molecule has 3 atom stereocenters. The number of hydrogen-bond donors (Lipinski definition) is 1. The van der Waals surface area contributed by atoms with Crippen molar-refractivity contribution in [1.29, 1.82) is 0 Å². The van der Waals surface area contributed by atoms with E-state index in [1.165, 1.54) is 6.07 Å². The van der Waals surface area contributed by atoms with E-state index < -0.39 is 6.04 Å². The number of likely N-dealkylation sites (tertiary alicyclic amines) is 1. The minimum Gasteiger partial charge on any atom is -0.297 e. The number of nitrogens with zero attached hydrogens (tertiary/aromatic N) is 1. The van der Waals surface area contributed by atoms with Crippen molar-refractivity contribution in [2.24, 2.45) is 5.92 Å². The second kappa shape index (κ2) is 6.09. The Balaban J connectivity index is 1.92. The topological polar surface area (TPSA) is 20.3 Å². The number of benzene rings is 1. The predicted octanol–water partition coefficient (Wildman–Crippen LogP) is 3.63. The maximum Gasteiger partial charge on any atom is 0.157 e. The van der Waals surface area contributed by atoms with Gasteiger partial charge in [0, 0.05) is 29.3 Å². The first kappa shape index (κ1) is 15.0. The van der Waals surface area contributed by atoms with Crippen LogP contribution in [-0.2, 0) is 4.79 Å². The summed E-state index contributed by atoms with van der Waals surface area (Å²) in [6.45, 7) is 2.93. The summed E-state index contributed by atoms with van der Waals surface area (Å²) in [6.07, 6.45) is 3.82. The molecular weight excluding hydrogens is 285 g/mol. The Hall–Kier alpha value is -0.870. The zero-order valence-electron chi connectivity index (χ0n) is 12.3. The third kappa shape index (κ3) is 3.16. The number of carbonyl (C=O) groups is 1. The Labute approximate surface area is 131 Å². The van der Waals surface area contributed by atoms with Crippen LogP contribution in [-0.4, -0.2) is 28.5 Å². The van der Waals surface area contributed by atoms with E-state index in [0.29, 0.717) is 10.8 Å². The van der Waals surface area contributed by atoms with E-state index in [1.54, 1.807) is 12.1 Å². The summed E-state index contributed by atoms with van der Waals surface area (Å²) >= 11 is 4.56. The largest absolute Gasteiger partial charge is 0.297 e. The summed E-state index contributed by atoms with van der Waals surface area (Å²) < 4.78 is 14.2. The molecule has 2 nitrogen and oxygen atoms in total. The van der Waals surface area contributed by atoms with Gasteiger partial charge in [0.15, 0.2) is 5.78 Å². The highest BCUT2D eigenvalue weighted by molar-refractivity contribution is 7.80. The van der Waals surface area contributed by atoms with Gasteiger partial charge in [0.05, 0.1) is 6.04 Å². The van der Waals surface area contributed by atoms with Crippen molar-refractivity contribution in [3.05, 3.63) is 35.6 Å². The summed E-state index contributed by atoms with van der Waals surface area (Å²) in [7, 11) is 0. The Morgan fingerprint density at radius 2 is 2.05 bits per heavy atom. The standard InChI is InChI=1S/C17H22FNOS/c1-11-10-13(21)8-9-19(11)16(17(20)12-6-7-12)14-4-2-3-5-15(14)18/h2-5,11-13,16,21H,6-10H2,1H3. The minimum absolute atomic E-state index is 0.135. The van der Waals surface area contributed by atoms with E-state index in [2.05, 4.69) is 24.5 Å². The van der Waals surface area contributed by atoms with Gasteiger partial charge in [0.2, 0.25) is 0 Å². The van der Waals surface area contributed by atoms with Gasteiger partial charge in [-0.15, -0.1) is 0 Å². The SMILES string of the molecule is CC1CC(S)CCN1C(C(=O)C1CC1)c1ccccc1F. The maximum absolute atomic E-state index is 14.2. The first-order chi connectivity index (χ1) is 10.1. The second-order valence-corrected chi connectivity index (χ2v) is 7.10. The molecule has 0 radical (unpaired) electrons. The molecule has 2 fully saturated rings. The van der Waals surface area contributed by atoms with Gasteiger partial charge in [-0.3, -0.25) is 9.69 Å². The fourth-order valence-corrected chi connectivity index (χ4v) is 3.75. The predicted molar refractivity (Wildman–Crippen MR) is 85.0 cm³/mol. The van der Waals surface area contributed by atoms with Crippen LogP contribution in [0, 0.1) is 11.7 Å². The zero-order valence-corrected chi connectivity index (χ0v) is 13.2. The lowest BCUT2D eigenvalue weighted by atomic mass is 9.92. The van der Waals surface area contributed by atoms with Crippen LogP contribution < -0.4 is 0 Å². The molecule has 1 aliphatic carbocycles. The number of halogens is 1. The molecule has 2 aliphatic rings. The van der Waals surface area contributed by atoms with Gasteiger partial charge in [-0.05, 0) is 38.7 Å². The van der Waals surface area contributed by atoms with Crippen molar-refractivity contribution >= 4 is 18.4 Å². The number of thiol groups is 1. The van der Waals surface area contributed by atoms with Gasteiger partial charge in [0.25, 0.3) is 0 Å². The van der Waals surface area contributed by atoms with E-state index >= 15 is 0 Å². The summed E-state index contributed by atoms with van der Waals surface area (Å²) in [4.78, 5) is 14.9. The number of carbonyl (C=O) groups excluding carboxylic acids is 1. The van der Waals surface area contributed by atoms with Crippen LogP contribution in [0.5, 0.6) is 0 Å². The fourth-order valence-electron chi connectivity index (χ4n) is 3.33. The summed E-state index contributed by atoms with van der Waals surface area (Å²) in [5.41, 5.74) is 0.541. The average Bonchev–Trinajstić information content (AvgIpc) is 3.27. The maximum atomic E-state index is 14.2. The molecule has 0 N–H and O–H groups in total. The Morgan fingerprint density at radius 1 is 1.33 bits per heavy atom. The molecule has 4 heteroatoms. The molecule has 114 valence electrons. The highest BCUT2D eigenvalue weighted by Crippen LogP contribution is 2.40. The molecule has 3 unspecified atom stereocenters. The van der Waals surface area contributed by atoms with Crippen LogP contribution in [0.15, 0.2) is 24.3 Å². The highest BCUT2D eigenvalue weighted by atomic mass is 32.1. The normalized spacial score (nSPS) is 28.3. The van der Waals surface area contributed by atoms with Crippen LogP contribution in [0.2, 0.25) is 0 Å². The van der Waals surface area contributed by atoms with Gasteiger partial charge in [0.1, 0.15) is 5.82 Å². The third-order valence-electron chi connectivity index (χ3n) is 4.68. The highest BCUT2D eigenvalue weighted by Gasteiger charge is 2.41. The van der Waals surface area contributed by atoms with E-state index in [9.17, 15) is 9.18 Å². The summed E-state index contributed by atoms with van der Waals surface area (Å²) in [5.74, 6) is 0.0665. The number of piperidine rings is 1. The Morgan fingerprint density at radius 3 is 2.67 bits per heavy atom. The van der Waals surface area contributed by atoms with Crippen molar-refractivity contribution in [3.8, 4) is 0 Å². The Bertz CT molecular complexity index is 531. The molecule has 3 rings (SSSR count). The van der Waals surface area contributed by atoms with E-state index in [-0.39, 0.29) is 23.6 Å². The van der Waals surface area contributed by atoms with Crippen molar-refractivity contribution in [1.82, 2.24) is 4.90 Å². The monoisotopic (exact) mass is 307 g/mol. The summed E-state index contributed by atoms with van der Waals surface area (Å²) in [6, 6.07) is 6.56. The number of rotatable bonds is 4. The van der Waals surface area contributed by atoms with E-state index in [1.807, 2.05) is 6.07 Å². The molecule has 1 saturated carbocycles. The lowest BCUT2D eigenvalue weighted by molar-refractivity contribution is -0.127. The van der Waals surface area contributed by atoms with Crippen LogP contribution in [0.4, 0.5) is 4.39 Å². The number of ketones is 1. The number of hydrogen-bond acceptors (Lipinski definition) is 3. The Kier molecular flexibility index (Phi) is 4.36. The van der Waals surface area contributed by atoms with Gasteiger partial charge >= 0.3 is 0 Å². The molecule has 0 amide bonds. The lowest BCUT2D eigenvalue weighted by Gasteiger charge is -2.41. The van der Waals surface area contributed by atoms with Crippen molar-refractivity contribution in [2.75, 3.05) is 6.54 Å². The molecule has 1 aromatic rings. The van der Waals surface area contributed by atoms with Gasteiger partial charge in [-0.25, -0.2) is 4.39 Å². The first-order valence-electron chi connectivity index (χ1n) is 7.80. The molecule has 0 aromatic heterocycles. The van der Waals surface area contributed by atoms with Gasteiger partial charge in [-0.1, -0.05) is 18.2 Å². The van der Waals surface area contributed by atoms with Crippen molar-refractivity contribution in [2.45, 2.75) is 49.9 Å². The number of Topliss-reactive ketones (excluding diaryl/α,β-unsaturated/α-hetero) is 1. The van der Waals surface area contributed by atoms with Crippen LogP contribution in [0.3, 0.4) is 0 Å². The molecule has 1 saturated heterocycles. The minimum atomic E-state index is -0.422. The van der Waals surface area contributed by atoms with Gasteiger partial charge in [-0.2, -0.15) is 12.6 Å². The lowest BCUT2D eigenvalue weighted by Crippen LogP contribution is -2.46. The van der Waals surface area contributed by atoms with Crippen molar-refractivity contribution < 1.29 is 9.18 Å². The smallest absolute Gasteiger partial charge is 0.157 e. The zero-order chi connectivity index (χ0) is 15.0. The second-order valence-electron chi connectivity index (χ2n) is 6.37. The fraction of sp³-hybridized carbons (Fsp3) is 0.588. The molecule has 0 bridgehead atoms. The molecule has 1 aliphatic heterocycles. The molecule has 0 spiro atoms. The van der Waals surface area contributed by atoms with Crippen LogP contribution in [0.25, 0.3) is 0 Å². The molecule has 21 heavy (non-hydrogen) atoms. The van der Waals surface area contributed by atoms with E-state index in [0.717, 1.165) is 32.2 Å². The van der Waals surface area contributed by atoms with Crippen LogP contribution in [0.1, 0.15) is 44.2 Å². The third-order valence-corrected chi connectivity index (χ3v) is 5.15.